The molecule has 4 rings (SSSR count). The number of nitrogens with zero attached hydrogens (tertiary/aromatic N) is 2. The van der Waals surface area contributed by atoms with Gasteiger partial charge in [-0.15, -0.1) is 0 Å². The average molecular weight is 457 g/mol. The number of aromatic nitrogens is 3. The Morgan fingerprint density at radius 2 is 1.74 bits per heavy atom. The summed E-state index contributed by atoms with van der Waals surface area (Å²) in [6.07, 6.45) is 1.47. The van der Waals surface area contributed by atoms with Crippen LogP contribution in [0.4, 0.5) is 5.69 Å². The van der Waals surface area contributed by atoms with Crippen LogP contribution in [0.3, 0.4) is 0 Å². The van der Waals surface area contributed by atoms with Crippen LogP contribution in [0.25, 0.3) is 22.0 Å². The van der Waals surface area contributed by atoms with Crippen molar-refractivity contribution in [1.82, 2.24) is 19.9 Å². The molecule has 0 atom stereocenters. The molecule has 34 heavy (non-hydrogen) atoms. The van der Waals surface area contributed by atoms with Crippen LogP contribution in [-0.2, 0) is 0 Å². The quantitative estimate of drug-likeness (QED) is 0.425. The lowest BCUT2D eigenvalue weighted by molar-refractivity contribution is 0.0959. The van der Waals surface area contributed by atoms with Crippen LogP contribution >= 0.6 is 0 Å². The van der Waals surface area contributed by atoms with Crippen LogP contribution in [-0.4, -0.2) is 33.4 Å². The van der Waals surface area contributed by atoms with Gasteiger partial charge in [0, 0.05) is 24.8 Å². The number of benzene rings is 2. The van der Waals surface area contributed by atoms with E-state index in [9.17, 15) is 19.2 Å². The average Bonchev–Trinajstić information content (AvgIpc) is 2.83. The summed E-state index contributed by atoms with van der Waals surface area (Å²) in [4.78, 5) is 56.8. The number of fused-ring (bicyclic) bond motifs is 1. The second-order valence-electron chi connectivity index (χ2n) is 7.97. The third kappa shape index (κ3) is 4.23. The number of aromatic amines is 1. The first-order valence-electron chi connectivity index (χ1n) is 10.7. The van der Waals surface area contributed by atoms with Crippen molar-refractivity contribution in [3.05, 3.63) is 92.9 Å². The summed E-state index contributed by atoms with van der Waals surface area (Å²) in [6.45, 7) is 3.55. The zero-order valence-corrected chi connectivity index (χ0v) is 18.9. The molecule has 9 heteroatoms. The molecule has 0 unspecified atom stereocenters. The fourth-order valence-corrected chi connectivity index (χ4v) is 3.72. The van der Waals surface area contributed by atoms with Gasteiger partial charge in [0.25, 0.3) is 17.4 Å². The molecule has 3 N–H and O–H groups in total. The molecule has 0 aliphatic carbocycles. The third-order valence-electron chi connectivity index (χ3n) is 5.40. The first-order valence-corrected chi connectivity index (χ1v) is 10.7. The largest absolute Gasteiger partial charge is 0.354 e. The van der Waals surface area contributed by atoms with Crippen molar-refractivity contribution in [2.75, 3.05) is 12.4 Å². The molecule has 4 aromatic rings. The number of amides is 2. The lowest BCUT2D eigenvalue weighted by Crippen LogP contribution is -2.36. The minimum atomic E-state index is -0.471. The highest BCUT2D eigenvalue weighted by atomic mass is 16.2. The maximum atomic E-state index is 12.9. The normalized spacial score (nSPS) is 10.9. The number of rotatable bonds is 5. The molecule has 0 radical (unpaired) electrons. The second-order valence-corrected chi connectivity index (χ2v) is 7.97. The van der Waals surface area contributed by atoms with Crippen molar-refractivity contribution in [2.24, 2.45) is 0 Å². The molecule has 2 aromatic carbocycles. The Morgan fingerprint density at radius 1 is 0.971 bits per heavy atom. The van der Waals surface area contributed by atoms with Crippen LogP contribution in [0, 0.1) is 0 Å². The summed E-state index contributed by atoms with van der Waals surface area (Å²) < 4.78 is 1.18. The van der Waals surface area contributed by atoms with Crippen LogP contribution in [0.5, 0.6) is 0 Å². The highest BCUT2D eigenvalue weighted by molar-refractivity contribution is 6.08. The van der Waals surface area contributed by atoms with Crippen molar-refractivity contribution >= 4 is 28.4 Å². The number of carbonyl (C=O) groups excluding carboxylic acids is 2. The standard InChI is InChI=1S/C25H23N5O4/c1-14(2)30-24(33)18-10-9-16(13-20(18)29-25(30)34)15-6-4-7-17(12-15)22(31)28-19-8-5-11-27-21(19)23(32)26-3/h4-14H,1-3H3,(H,26,32)(H,28,31)(H,29,34). The van der Waals surface area contributed by atoms with E-state index in [0.29, 0.717) is 22.2 Å². The number of pyridine rings is 1. The maximum Gasteiger partial charge on any atom is 0.329 e. The first kappa shape index (κ1) is 22.7. The van der Waals surface area contributed by atoms with Gasteiger partial charge in [0.05, 0.1) is 16.6 Å². The van der Waals surface area contributed by atoms with E-state index in [1.165, 1.54) is 17.8 Å². The van der Waals surface area contributed by atoms with Gasteiger partial charge in [-0.3, -0.25) is 19.0 Å². The van der Waals surface area contributed by atoms with E-state index in [2.05, 4.69) is 20.6 Å². The highest BCUT2D eigenvalue weighted by Gasteiger charge is 2.16. The molecule has 2 amide bonds. The van der Waals surface area contributed by atoms with E-state index >= 15 is 0 Å². The Bertz CT molecular complexity index is 1530. The fraction of sp³-hybridized carbons (Fsp3) is 0.160. The monoisotopic (exact) mass is 457 g/mol. The van der Waals surface area contributed by atoms with E-state index in [1.54, 1.807) is 62.4 Å². The van der Waals surface area contributed by atoms with Crippen LogP contribution < -0.4 is 21.9 Å². The fourth-order valence-electron chi connectivity index (χ4n) is 3.72. The number of carbonyl (C=O) groups is 2. The van der Waals surface area contributed by atoms with E-state index in [-0.39, 0.29) is 17.3 Å². The maximum absolute atomic E-state index is 12.9. The van der Waals surface area contributed by atoms with Gasteiger partial charge in [-0.25, -0.2) is 9.78 Å². The Labute approximate surface area is 194 Å². The molecular weight excluding hydrogens is 434 g/mol. The predicted octanol–water partition coefficient (Wildman–Crippen LogP) is 2.94. The molecule has 0 spiro atoms. The molecule has 0 aliphatic rings. The number of hydrogen-bond donors (Lipinski definition) is 3. The molecule has 2 heterocycles. The zero-order chi connectivity index (χ0) is 24.4. The molecule has 0 saturated heterocycles. The number of H-pyrrole nitrogens is 1. The van der Waals surface area contributed by atoms with Crippen LogP contribution in [0.1, 0.15) is 40.7 Å². The van der Waals surface area contributed by atoms with Gasteiger partial charge in [-0.2, -0.15) is 0 Å². The van der Waals surface area contributed by atoms with Gasteiger partial charge in [-0.1, -0.05) is 18.2 Å². The molecule has 2 aromatic heterocycles. The molecule has 0 aliphatic heterocycles. The third-order valence-corrected chi connectivity index (χ3v) is 5.40. The van der Waals surface area contributed by atoms with Crippen LogP contribution in [0.2, 0.25) is 0 Å². The summed E-state index contributed by atoms with van der Waals surface area (Å²) in [6, 6.07) is 15.0. The van der Waals surface area contributed by atoms with E-state index in [0.717, 1.165) is 11.1 Å². The predicted molar refractivity (Wildman–Crippen MR) is 130 cm³/mol. The minimum Gasteiger partial charge on any atom is -0.354 e. The van der Waals surface area contributed by atoms with Gasteiger partial charge in [0.2, 0.25) is 0 Å². The molecular formula is C25H23N5O4. The summed E-state index contributed by atoms with van der Waals surface area (Å²) in [7, 11) is 1.49. The summed E-state index contributed by atoms with van der Waals surface area (Å²) in [5.41, 5.74) is 1.82. The van der Waals surface area contributed by atoms with Crippen molar-refractivity contribution in [3.8, 4) is 11.1 Å². The van der Waals surface area contributed by atoms with E-state index in [4.69, 9.17) is 0 Å². The zero-order valence-electron chi connectivity index (χ0n) is 18.9. The van der Waals surface area contributed by atoms with Crippen molar-refractivity contribution < 1.29 is 9.59 Å². The van der Waals surface area contributed by atoms with E-state index < -0.39 is 17.5 Å². The Hall–Kier alpha value is -4.53. The van der Waals surface area contributed by atoms with Gasteiger partial charge < -0.3 is 15.6 Å². The molecule has 0 bridgehead atoms. The summed E-state index contributed by atoms with van der Waals surface area (Å²) in [5.74, 6) is -0.819. The van der Waals surface area contributed by atoms with Crippen LogP contribution in [0.15, 0.2) is 70.4 Å². The number of nitrogens with one attached hydrogen (secondary N) is 3. The molecule has 9 nitrogen and oxygen atoms in total. The molecule has 0 saturated carbocycles. The smallest absolute Gasteiger partial charge is 0.329 e. The Balaban J connectivity index is 1.69. The van der Waals surface area contributed by atoms with Gasteiger partial charge in [0.1, 0.15) is 0 Å². The van der Waals surface area contributed by atoms with Gasteiger partial charge in [0.15, 0.2) is 5.69 Å². The second kappa shape index (κ2) is 9.14. The van der Waals surface area contributed by atoms with E-state index in [1.807, 2.05) is 6.07 Å². The van der Waals surface area contributed by atoms with Gasteiger partial charge in [-0.05, 0) is 61.4 Å². The first-order chi connectivity index (χ1) is 16.3. The van der Waals surface area contributed by atoms with Crippen molar-refractivity contribution in [1.29, 1.82) is 0 Å². The van der Waals surface area contributed by atoms with Crippen molar-refractivity contribution in [2.45, 2.75) is 19.9 Å². The number of anilines is 1. The summed E-state index contributed by atoms with van der Waals surface area (Å²) in [5, 5.41) is 5.63. The highest BCUT2D eigenvalue weighted by Crippen LogP contribution is 2.24. The molecule has 0 fully saturated rings. The van der Waals surface area contributed by atoms with Gasteiger partial charge >= 0.3 is 5.69 Å². The minimum absolute atomic E-state index is 0.111. The van der Waals surface area contributed by atoms with Crippen molar-refractivity contribution in [3.63, 3.8) is 0 Å². The molecule has 172 valence electrons. The summed E-state index contributed by atoms with van der Waals surface area (Å²) >= 11 is 0. The number of hydrogen-bond acceptors (Lipinski definition) is 5. The lowest BCUT2D eigenvalue weighted by Gasteiger charge is -2.11. The topological polar surface area (TPSA) is 126 Å². The Kier molecular flexibility index (Phi) is 6.09. The Morgan fingerprint density at radius 3 is 2.47 bits per heavy atom. The SMILES string of the molecule is CNC(=O)c1ncccc1NC(=O)c1cccc(-c2ccc3c(=O)n(C(C)C)c(=O)[nH]c3c2)c1. The lowest BCUT2D eigenvalue weighted by atomic mass is 10.0.